The van der Waals surface area contributed by atoms with Gasteiger partial charge in [-0.3, -0.25) is 0 Å². The molecule has 0 spiro atoms. The smallest absolute Gasteiger partial charge is 0.244 e. The van der Waals surface area contributed by atoms with Crippen LogP contribution >= 0.6 is 17.9 Å². The minimum absolute atomic E-state index is 0.576. The van der Waals surface area contributed by atoms with Gasteiger partial charge in [-0.05, 0) is 25.2 Å². The summed E-state index contributed by atoms with van der Waals surface area (Å²) in [5.74, 6) is 0. The third kappa shape index (κ3) is 7.29. The molecule has 11 heavy (non-hydrogen) atoms. The fourth-order valence-electron chi connectivity index (χ4n) is 0.525. The van der Waals surface area contributed by atoms with Gasteiger partial charge in [0.1, 0.15) is 0 Å². The molecule has 0 N–H and O–H groups in total. The first-order valence-corrected chi connectivity index (χ1v) is 7.53. The van der Waals surface area contributed by atoms with Gasteiger partial charge in [0.15, 0.2) is 0 Å². The summed E-state index contributed by atoms with van der Waals surface area (Å²) in [5.41, 5.74) is -2.19. The highest BCUT2D eigenvalue weighted by atomic mass is 32.9. The molecule has 0 aromatic rings. The first-order valence-electron chi connectivity index (χ1n) is 3.74. The van der Waals surface area contributed by atoms with E-state index in [0.29, 0.717) is 13.2 Å². The molecule has 0 aromatic carbocycles. The lowest BCUT2D eigenvalue weighted by Gasteiger charge is -2.14. The first-order chi connectivity index (χ1) is 5.12. The molecule has 0 bridgehead atoms. The molecule has 0 radical (unpaired) electrons. The van der Waals surface area contributed by atoms with Crippen LogP contribution in [0.1, 0.15) is 26.7 Å². The van der Waals surface area contributed by atoms with E-state index in [1.165, 1.54) is 0 Å². The van der Waals surface area contributed by atoms with Crippen LogP contribution in [-0.2, 0) is 20.9 Å². The molecule has 0 saturated carbocycles. The molecule has 0 rings (SSSR count). The monoisotopic (exact) mass is 214 g/mol. The maximum absolute atomic E-state index is 5.28. The normalized spacial score (nSPS) is 16.3. The zero-order valence-electron chi connectivity index (χ0n) is 6.95. The molecule has 0 saturated heterocycles. The van der Waals surface area contributed by atoms with Gasteiger partial charge in [-0.1, -0.05) is 25.6 Å². The Morgan fingerprint density at radius 2 is 2.00 bits per heavy atom. The molecule has 0 aromatic heterocycles. The predicted molar refractivity (Wildman–Crippen MR) is 55.8 cm³/mol. The predicted octanol–water partition coefficient (Wildman–Crippen LogP) is 2.99. The minimum Gasteiger partial charge on any atom is -0.322 e. The van der Waals surface area contributed by atoms with Gasteiger partial charge in [-0.25, -0.2) is 0 Å². The van der Waals surface area contributed by atoms with E-state index in [9.17, 15) is 0 Å². The third-order valence-electron chi connectivity index (χ3n) is 1.04. The summed E-state index contributed by atoms with van der Waals surface area (Å²) in [4.78, 5) is 0. The average molecular weight is 214 g/mol. The SMILES string of the molecule is CCCCOP(=S)(S)OCC. The zero-order chi connectivity index (χ0) is 8.74. The summed E-state index contributed by atoms with van der Waals surface area (Å²) < 4.78 is 10.4. The van der Waals surface area contributed by atoms with E-state index in [4.69, 9.17) is 20.9 Å². The summed E-state index contributed by atoms with van der Waals surface area (Å²) in [6.07, 6.45) is 2.13. The van der Waals surface area contributed by atoms with Crippen molar-refractivity contribution in [3.05, 3.63) is 0 Å². The van der Waals surface area contributed by atoms with E-state index >= 15 is 0 Å². The lowest BCUT2D eigenvalue weighted by Crippen LogP contribution is -1.92. The van der Waals surface area contributed by atoms with Gasteiger partial charge >= 0.3 is 0 Å². The topological polar surface area (TPSA) is 18.5 Å². The first kappa shape index (κ1) is 11.9. The van der Waals surface area contributed by atoms with Crippen molar-refractivity contribution < 1.29 is 9.05 Å². The fraction of sp³-hybridized carbons (Fsp3) is 1.00. The summed E-state index contributed by atoms with van der Waals surface area (Å²) >= 11 is 9.11. The third-order valence-corrected chi connectivity index (χ3v) is 3.46. The molecular formula is C6H15O2PS2. The highest BCUT2D eigenvalue weighted by Gasteiger charge is 2.10. The Kier molecular flexibility index (Phi) is 6.98. The van der Waals surface area contributed by atoms with Crippen molar-refractivity contribution >= 4 is 29.7 Å². The van der Waals surface area contributed by atoms with Crippen LogP contribution in [0.2, 0.25) is 0 Å². The lowest BCUT2D eigenvalue weighted by molar-refractivity contribution is 0.266. The number of hydrogen-bond donors (Lipinski definition) is 1. The Bertz CT molecular complexity index is 141. The van der Waals surface area contributed by atoms with Crippen LogP contribution in [0.25, 0.3) is 0 Å². The molecule has 0 heterocycles. The van der Waals surface area contributed by atoms with Gasteiger partial charge in [0.05, 0.1) is 13.2 Å². The van der Waals surface area contributed by atoms with Crippen molar-refractivity contribution in [3.63, 3.8) is 0 Å². The van der Waals surface area contributed by atoms with Gasteiger partial charge in [0, 0.05) is 0 Å². The van der Waals surface area contributed by atoms with Crippen molar-refractivity contribution in [1.29, 1.82) is 0 Å². The maximum atomic E-state index is 5.28. The van der Waals surface area contributed by atoms with Gasteiger partial charge < -0.3 is 9.05 Å². The highest BCUT2D eigenvalue weighted by molar-refractivity contribution is 8.60. The molecule has 68 valence electrons. The van der Waals surface area contributed by atoms with Gasteiger partial charge in [0.25, 0.3) is 0 Å². The molecule has 1 unspecified atom stereocenters. The molecule has 5 heteroatoms. The molecule has 0 amide bonds. The minimum atomic E-state index is -2.19. The summed E-state index contributed by atoms with van der Waals surface area (Å²) in [6, 6.07) is 0. The van der Waals surface area contributed by atoms with E-state index in [1.54, 1.807) is 0 Å². The van der Waals surface area contributed by atoms with Crippen molar-refractivity contribution in [1.82, 2.24) is 0 Å². The van der Waals surface area contributed by atoms with Gasteiger partial charge in [0.2, 0.25) is 5.69 Å². The Morgan fingerprint density at radius 1 is 1.36 bits per heavy atom. The van der Waals surface area contributed by atoms with Crippen LogP contribution in [0.5, 0.6) is 0 Å². The summed E-state index contributed by atoms with van der Waals surface area (Å²) in [7, 11) is 0. The maximum Gasteiger partial charge on any atom is 0.244 e. The molecule has 0 aliphatic heterocycles. The second-order valence-corrected chi connectivity index (χ2v) is 7.36. The Morgan fingerprint density at radius 3 is 2.45 bits per heavy atom. The van der Waals surface area contributed by atoms with Crippen molar-refractivity contribution in [2.75, 3.05) is 13.2 Å². The average Bonchev–Trinajstić information content (AvgIpc) is 1.87. The summed E-state index contributed by atoms with van der Waals surface area (Å²) in [5, 5.41) is 0. The van der Waals surface area contributed by atoms with Crippen molar-refractivity contribution in [2.45, 2.75) is 26.7 Å². The van der Waals surface area contributed by atoms with Gasteiger partial charge in [-0.2, -0.15) is 0 Å². The van der Waals surface area contributed by atoms with Gasteiger partial charge in [-0.15, -0.1) is 0 Å². The van der Waals surface area contributed by atoms with Crippen molar-refractivity contribution in [3.8, 4) is 0 Å². The quantitative estimate of drug-likeness (QED) is 0.416. The Hall–Kier alpha value is 0.920. The molecular weight excluding hydrogens is 199 g/mol. The van der Waals surface area contributed by atoms with Crippen LogP contribution in [0.4, 0.5) is 0 Å². The van der Waals surface area contributed by atoms with Crippen LogP contribution in [0, 0.1) is 0 Å². The second kappa shape index (κ2) is 6.44. The Labute approximate surface area is 79.0 Å². The molecule has 0 aliphatic rings. The van der Waals surface area contributed by atoms with Crippen molar-refractivity contribution in [2.24, 2.45) is 0 Å². The zero-order valence-corrected chi connectivity index (χ0v) is 9.55. The molecule has 0 aliphatic carbocycles. The van der Waals surface area contributed by atoms with Crippen LogP contribution in [-0.4, -0.2) is 13.2 Å². The number of hydrogen-bond acceptors (Lipinski definition) is 3. The second-order valence-electron chi connectivity index (χ2n) is 2.07. The van der Waals surface area contributed by atoms with E-state index in [1.807, 2.05) is 6.92 Å². The van der Waals surface area contributed by atoms with E-state index in [-0.39, 0.29) is 0 Å². The van der Waals surface area contributed by atoms with E-state index < -0.39 is 5.69 Å². The largest absolute Gasteiger partial charge is 0.322 e. The molecule has 1 atom stereocenters. The lowest BCUT2D eigenvalue weighted by atomic mass is 10.4. The van der Waals surface area contributed by atoms with E-state index in [0.717, 1.165) is 12.8 Å². The standard InChI is InChI=1S/C6H15O2PS2/c1-3-5-6-8-9(10,11)7-4-2/h3-6H2,1-2H3,(H,10,11). The Balaban J connectivity index is 3.47. The highest BCUT2D eigenvalue weighted by Crippen LogP contribution is 2.53. The van der Waals surface area contributed by atoms with Crippen LogP contribution < -0.4 is 0 Å². The van der Waals surface area contributed by atoms with Crippen LogP contribution in [0.15, 0.2) is 0 Å². The summed E-state index contributed by atoms with van der Waals surface area (Å²) in [6.45, 7) is 5.23. The van der Waals surface area contributed by atoms with Crippen LogP contribution in [0.3, 0.4) is 0 Å². The van der Waals surface area contributed by atoms with E-state index in [2.05, 4.69) is 19.2 Å². The molecule has 2 nitrogen and oxygen atoms in total. The molecule has 0 fully saturated rings. The fourth-order valence-corrected chi connectivity index (χ4v) is 2.42. The number of rotatable bonds is 6. The number of thiol groups is 1. The number of unbranched alkanes of at least 4 members (excludes halogenated alkanes) is 1.